The van der Waals surface area contributed by atoms with E-state index in [1.807, 2.05) is 0 Å². The summed E-state index contributed by atoms with van der Waals surface area (Å²) >= 11 is 0. The van der Waals surface area contributed by atoms with Gasteiger partial charge >= 0.3 is 0 Å². The number of anilines is 1. The smallest absolute Gasteiger partial charge is 0.139 e. The molecule has 0 aromatic heterocycles. The van der Waals surface area contributed by atoms with Gasteiger partial charge in [0.2, 0.25) is 0 Å². The number of phenolic OH excluding ortho intramolecular Hbond substituents is 2. The van der Waals surface area contributed by atoms with Crippen LogP contribution in [0.25, 0.3) is 0 Å². The van der Waals surface area contributed by atoms with Gasteiger partial charge in [0.25, 0.3) is 0 Å². The molecule has 0 amide bonds. The molecule has 1 aromatic carbocycles. The predicted molar refractivity (Wildman–Crippen MR) is 62.6 cm³/mol. The van der Waals surface area contributed by atoms with Crippen molar-refractivity contribution in [3.05, 3.63) is 18.2 Å². The summed E-state index contributed by atoms with van der Waals surface area (Å²) in [6.45, 7) is 5.99. The Hall–Kier alpha value is -1.38. The SMILES string of the molecule is CCCN(CCC)c1cc(O)ccc1O. The lowest BCUT2D eigenvalue weighted by Crippen LogP contribution is -2.24. The van der Waals surface area contributed by atoms with Gasteiger partial charge in [0.15, 0.2) is 0 Å². The third-order valence-corrected chi connectivity index (χ3v) is 2.29. The lowest BCUT2D eigenvalue weighted by Gasteiger charge is -2.24. The molecule has 1 rings (SSSR count). The normalized spacial score (nSPS) is 10.3. The molecule has 0 heterocycles. The van der Waals surface area contributed by atoms with Crippen LogP contribution in [-0.4, -0.2) is 23.3 Å². The van der Waals surface area contributed by atoms with Gasteiger partial charge in [0, 0.05) is 19.2 Å². The van der Waals surface area contributed by atoms with Crippen molar-refractivity contribution < 1.29 is 10.2 Å². The van der Waals surface area contributed by atoms with Crippen molar-refractivity contribution >= 4 is 5.69 Å². The van der Waals surface area contributed by atoms with Crippen LogP contribution in [0.1, 0.15) is 26.7 Å². The number of hydrogen-bond donors (Lipinski definition) is 2. The molecule has 0 fully saturated rings. The van der Waals surface area contributed by atoms with Crippen LogP contribution < -0.4 is 4.90 Å². The molecule has 84 valence electrons. The third-order valence-electron chi connectivity index (χ3n) is 2.29. The number of nitrogens with zero attached hydrogens (tertiary/aromatic N) is 1. The lowest BCUT2D eigenvalue weighted by atomic mass is 10.2. The van der Waals surface area contributed by atoms with Crippen molar-refractivity contribution in [3.8, 4) is 11.5 Å². The first-order valence-electron chi connectivity index (χ1n) is 5.46. The van der Waals surface area contributed by atoms with Crippen molar-refractivity contribution in [3.63, 3.8) is 0 Å². The Morgan fingerprint density at radius 2 is 1.67 bits per heavy atom. The number of hydrogen-bond acceptors (Lipinski definition) is 3. The summed E-state index contributed by atoms with van der Waals surface area (Å²) in [5, 5.41) is 19.1. The maximum Gasteiger partial charge on any atom is 0.139 e. The van der Waals surface area contributed by atoms with Crippen LogP contribution in [0.2, 0.25) is 0 Å². The molecule has 0 unspecified atom stereocenters. The van der Waals surface area contributed by atoms with Crippen LogP contribution >= 0.6 is 0 Å². The van der Waals surface area contributed by atoms with Gasteiger partial charge in [-0.2, -0.15) is 0 Å². The fourth-order valence-corrected chi connectivity index (χ4v) is 1.66. The molecule has 3 nitrogen and oxygen atoms in total. The van der Waals surface area contributed by atoms with Crippen molar-refractivity contribution in [1.82, 2.24) is 0 Å². The standard InChI is InChI=1S/C12H19NO2/c1-3-7-13(8-4-2)11-9-10(14)5-6-12(11)15/h5-6,9,14-15H,3-4,7-8H2,1-2H3. The van der Waals surface area contributed by atoms with E-state index in [2.05, 4.69) is 18.7 Å². The second kappa shape index (κ2) is 5.49. The quantitative estimate of drug-likeness (QED) is 0.733. The fraction of sp³-hybridized carbons (Fsp3) is 0.500. The van der Waals surface area contributed by atoms with Gasteiger partial charge in [-0.1, -0.05) is 13.8 Å². The first-order chi connectivity index (χ1) is 7.19. The predicted octanol–water partition coefficient (Wildman–Crippen LogP) is 2.72. The molecule has 0 aliphatic rings. The summed E-state index contributed by atoms with van der Waals surface area (Å²) in [5.74, 6) is 0.426. The highest BCUT2D eigenvalue weighted by atomic mass is 16.3. The van der Waals surface area contributed by atoms with Gasteiger partial charge in [-0.25, -0.2) is 0 Å². The zero-order chi connectivity index (χ0) is 11.3. The molecule has 0 aliphatic carbocycles. The molecular weight excluding hydrogens is 190 g/mol. The highest BCUT2D eigenvalue weighted by Gasteiger charge is 2.09. The summed E-state index contributed by atoms with van der Waals surface area (Å²) in [7, 11) is 0. The van der Waals surface area contributed by atoms with Crippen LogP contribution in [0.3, 0.4) is 0 Å². The van der Waals surface area contributed by atoms with E-state index in [1.165, 1.54) is 12.1 Å². The van der Waals surface area contributed by atoms with E-state index >= 15 is 0 Å². The van der Waals surface area contributed by atoms with Crippen LogP contribution in [0.15, 0.2) is 18.2 Å². The Morgan fingerprint density at radius 1 is 1.07 bits per heavy atom. The number of benzene rings is 1. The van der Waals surface area contributed by atoms with Crippen molar-refractivity contribution in [2.45, 2.75) is 26.7 Å². The molecule has 0 radical (unpaired) electrons. The minimum atomic E-state index is 0.194. The minimum absolute atomic E-state index is 0.194. The van der Waals surface area contributed by atoms with E-state index in [1.54, 1.807) is 6.07 Å². The zero-order valence-electron chi connectivity index (χ0n) is 9.40. The summed E-state index contributed by atoms with van der Waals surface area (Å²) in [6.07, 6.45) is 2.05. The van der Waals surface area contributed by atoms with Gasteiger partial charge in [-0.3, -0.25) is 0 Å². The minimum Gasteiger partial charge on any atom is -0.508 e. The summed E-state index contributed by atoms with van der Waals surface area (Å²) in [6, 6.07) is 4.64. The van der Waals surface area contributed by atoms with E-state index in [-0.39, 0.29) is 11.5 Å². The Bertz CT molecular complexity index is 306. The van der Waals surface area contributed by atoms with E-state index in [4.69, 9.17) is 0 Å². The molecule has 3 heteroatoms. The van der Waals surface area contributed by atoms with Gasteiger partial charge in [-0.15, -0.1) is 0 Å². The Kier molecular flexibility index (Phi) is 4.28. The highest BCUT2D eigenvalue weighted by molar-refractivity contribution is 5.60. The Labute approximate surface area is 91.0 Å². The van der Waals surface area contributed by atoms with Gasteiger partial charge < -0.3 is 15.1 Å². The number of phenols is 2. The van der Waals surface area contributed by atoms with Crippen LogP contribution in [0, 0.1) is 0 Å². The van der Waals surface area contributed by atoms with E-state index in [9.17, 15) is 10.2 Å². The third kappa shape index (κ3) is 3.05. The average molecular weight is 209 g/mol. The van der Waals surface area contributed by atoms with Crippen LogP contribution in [0.4, 0.5) is 5.69 Å². The molecule has 2 N–H and O–H groups in total. The molecule has 0 saturated carbocycles. The van der Waals surface area contributed by atoms with Crippen molar-refractivity contribution in [2.75, 3.05) is 18.0 Å². The first kappa shape index (κ1) is 11.7. The summed E-state index contributed by atoms with van der Waals surface area (Å²) in [5.41, 5.74) is 0.721. The summed E-state index contributed by atoms with van der Waals surface area (Å²) in [4.78, 5) is 2.09. The molecule has 0 bridgehead atoms. The average Bonchev–Trinajstić information content (AvgIpc) is 2.21. The molecule has 1 aromatic rings. The Morgan fingerprint density at radius 3 is 2.20 bits per heavy atom. The summed E-state index contributed by atoms with van der Waals surface area (Å²) < 4.78 is 0. The van der Waals surface area contributed by atoms with E-state index < -0.39 is 0 Å². The molecule has 0 spiro atoms. The van der Waals surface area contributed by atoms with Crippen LogP contribution in [0.5, 0.6) is 11.5 Å². The van der Waals surface area contributed by atoms with E-state index in [0.717, 1.165) is 31.6 Å². The maximum absolute atomic E-state index is 9.71. The highest BCUT2D eigenvalue weighted by Crippen LogP contribution is 2.30. The van der Waals surface area contributed by atoms with Gasteiger partial charge in [0.05, 0.1) is 5.69 Å². The maximum atomic E-state index is 9.71. The second-order valence-corrected chi connectivity index (χ2v) is 3.66. The van der Waals surface area contributed by atoms with Crippen molar-refractivity contribution in [1.29, 1.82) is 0 Å². The molecule has 0 aliphatic heterocycles. The second-order valence-electron chi connectivity index (χ2n) is 3.66. The Balaban J connectivity index is 2.93. The zero-order valence-corrected chi connectivity index (χ0v) is 9.40. The number of aromatic hydroxyl groups is 2. The van der Waals surface area contributed by atoms with Gasteiger partial charge in [-0.05, 0) is 25.0 Å². The fourth-order valence-electron chi connectivity index (χ4n) is 1.66. The molecule has 15 heavy (non-hydrogen) atoms. The monoisotopic (exact) mass is 209 g/mol. The molecule has 0 atom stereocenters. The topological polar surface area (TPSA) is 43.7 Å². The molecule has 0 saturated heterocycles. The van der Waals surface area contributed by atoms with Crippen molar-refractivity contribution in [2.24, 2.45) is 0 Å². The van der Waals surface area contributed by atoms with E-state index in [0.29, 0.717) is 0 Å². The largest absolute Gasteiger partial charge is 0.508 e. The van der Waals surface area contributed by atoms with Gasteiger partial charge in [0.1, 0.15) is 11.5 Å². The molecular formula is C12H19NO2. The van der Waals surface area contributed by atoms with Crippen LogP contribution in [-0.2, 0) is 0 Å². The lowest BCUT2D eigenvalue weighted by molar-refractivity contribution is 0.459. The number of rotatable bonds is 5. The first-order valence-corrected chi connectivity index (χ1v) is 5.46.